The van der Waals surface area contributed by atoms with Crippen LogP contribution < -0.4 is 5.69 Å². The molecule has 0 aliphatic carbocycles. The summed E-state index contributed by atoms with van der Waals surface area (Å²) in [4.78, 5) is 21.7. The van der Waals surface area contributed by atoms with Crippen LogP contribution in [0.3, 0.4) is 0 Å². The monoisotopic (exact) mass is 241 g/mol. The molecule has 1 rings (SSSR count). The maximum absolute atomic E-state index is 11.2. The first-order valence-electron chi connectivity index (χ1n) is 5.95. The van der Waals surface area contributed by atoms with Gasteiger partial charge in [-0.05, 0) is 18.8 Å². The Morgan fingerprint density at radius 2 is 2.29 bits per heavy atom. The predicted octanol–water partition coefficient (Wildman–Crippen LogP) is 1.24. The van der Waals surface area contributed by atoms with E-state index in [1.165, 1.54) is 10.9 Å². The number of carbonyl (C=O) groups is 1. The number of nitrogens with one attached hydrogen (secondary N) is 1. The summed E-state index contributed by atoms with van der Waals surface area (Å²) in [5.74, 6) is -0.399. The molecule has 1 unspecified atom stereocenters. The third-order valence-electron chi connectivity index (χ3n) is 2.86. The highest BCUT2D eigenvalue weighted by Crippen LogP contribution is 2.18. The van der Waals surface area contributed by atoms with Gasteiger partial charge in [0.25, 0.3) is 0 Å². The van der Waals surface area contributed by atoms with E-state index in [9.17, 15) is 9.59 Å². The fraction of sp³-hybridized carbons (Fsp3) is 0.727. The van der Waals surface area contributed by atoms with Crippen molar-refractivity contribution in [1.82, 2.24) is 14.8 Å². The van der Waals surface area contributed by atoms with Crippen LogP contribution in [-0.4, -0.2) is 25.8 Å². The van der Waals surface area contributed by atoms with Gasteiger partial charge in [0.2, 0.25) is 0 Å². The molecule has 1 aromatic rings. The second-order valence-corrected chi connectivity index (χ2v) is 4.23. The summed E-state index contributed by atoms with van der Waals surface area (Å²) < 4.78 is 1.52. The number of aromatic amines is 1. The minimum atomic E-state index is -0.758. The van der Waals surface area contributed by atoms with E-state index in [1.807, 2.05) is 0 Å². The van der Waals surface area contributed by atoms with E-state index in [0.717, 1.165) is 19.3 Å². The fourth-order valence-electron chi connectivity index (χ4n) is 1.92. The molecule has 1 heterocycles. The van der Waals surface area contributed by atoms with Crippen molar-refractivity contribution < 1.29 is 9.90 Å². The first-order valence-corrected chi connectivity index (χ1v) is 5.95. The van der Waals surface area contributed by atoms with Gasteiger partial charge < -0.3 is 5.11 Å². The molecule has 0 spiro atoms. The SMILES string of the molecule is CCCC(CCC(=O)O)CCn1cn[nH]c1=O. The largest absolute Gasteiger partial charge is 0.481 e. The predicted molar refractivity (Wildman–Crippen MR) is 62.7 cm³/mol. The Hall–Kier alpha value is -1.59. The van der Waals surface area contributed by atoms with Crippen molar-refractivity contribution in [2.24, 2.45) is 5.92 Å². The molecule has 0 aliphatic heterocycles. The van der Waals surface area contributed by atoms with E-state index in [4.69, 9.17) is 5.11 Å². The molecular formula is C11H19N3O3. The average molecular weight is 241 g/mol. The van der Waals surface area contributed by atoms with Crippen LogP contribution in [0, 0.1) is 5.92 Å². The van der Waals surface area contributed by atoms with Crippen LogP contribution in [0.2, 0.25) is 0 Å². The number of hydrogen-bond donors (Lipinski definition) is 2. The molecule has 2 N–H and O–H groups in total. The van der Waals surface area contributed by atoms with E-state index in [2.05, 4.69) is 17.1 Å². The summed E-state index contributed by atoms with van der Waals surface area (Å²) in [6.45, 7) is 2.68. The standard InChI is InChI=1S/C11H19N3O3/c1-2-3-9(4-5-10(15)16)6-7-14-8-12-13-11(14)17/h8-9H,2-7H2,1H3,(H,13,17)(H,15,16). The highest BCUT2D eigenvalue weighted by molar-refractivity contribution is 5.66. The molecule has 1 aromatic heterocycles. The van der Waals surface area contributed by atoms with Crippen molar-refractivity contribution in [2.75, 3.05) is 0 Å². The first kappa shape index (κ1) is 13.5. The lowest BCUT2D eigenvalue weighted by Crippen LogP contribution is -2.18. The van der Waals surface area contributed by atoms with Crippen molar-refractivity contribution in [2.45, 2.75) is 45.6 Å². The van der Waals surface area contributed by atoms with Gasteiger partial charge in [0.05, 0.1) is 0 Å². The third-order valence-corrected chi connectivity index (χ3v) is 2.86. The van der Waals surface area contributed by atoms with E-state index < -0.39 is 5.97 Å². The summed E-state index contributed by atoms with van der Waals surface area (Å²) in [6.07, 6.45) is 5.20. The summed E-state index contributed by atoms with van der Waals surface area (Å²) in [7, 11) is 0. The summed E-state index contributed by atoms with van der Waals surface area (Å²) >= 11 is 0. The fourth-order valence-corrected chi connectivity index (χ4v) is 1.92. The van der Waals surface area contributed by atoms with Crippen LogP contribution in [0.5, 0.6) is 0 Å². The Kier molecular flexibility index (Phi) is 5.45. The Bertz CT molecular complexity index is 397. The van der Waals surface area contributed by atoms with Crippen molar-refractivity contribution in [3.8, 4) is 0 Å². The van der Waals surface area contributed by atoms with Crippen LogP contribution in [0.15, 0.2) is 11.1 Å². The molecule has 6 heteroatoms. The maximum atomic E-state index is 11.2. The number of hydrogen-bond acceptors (Lipinski definition) is 3. The molecule has 0 bridgehead atoms. The zero-order valence-corrected chi connectivity index (χ0v) is 10.1. The lowest BCUT2D eigenvalue weighted by Gasteiger charge is -2.14. The van der Waals surface area contributed by atoms with Gasteiger partial charge in [-0.25, -0.2) is 9.89 Å². The molecule has 0 fully saturated rings. The molecule has 0 aromatic carbocycles. The Balaban J connectivity index is 2.41. The van der Waals surface area contributed by atoms with Crippen molar-refractivity contribution in [3.05, 3.63) is 16.8 Å². The van der Waals surface area contributed by atoms with Crippen LogP contribution in [0.4, 0.5) is 0 Å². The lowest BCUT2D eigenvalue weighted by molar-refractivity contribution is -0.137. The van der Waals surface area contributed by atoms with Gasteiger partial charge in [-0.2, -0.15) is 5.10 Å². The molecular weight excluding hydrogens is 222 g/mol. The number of aromatic nitrogens is 3. The van der Waals surface area contributed by atoms with Gasteiger partial charge in [-0.3, -0.25) is 9.36 Å². The molecule has 0 saturated carbocycles. The highest BCUT2D eigenvalue weighted by Gasteiger charge is 2.11. The maximum Gasteiger partial charge on any atom is 0.343 e. The van der Waals surface area contributed by atoms with Crippen LogP contribution in [0.25, 0.3) is 0 Å². The zero-order valence-electron chi connectivity index (χ0n) is 10.1. The molecule has 0 amide bonds. The molecule has 1 atom stereocenters. The van der Waals surface area contributed by atoms with E-state index in [0.29, 0.717) is 18.9 Å². The van der Waals surface area contributed by atoms with Gasteiger partial charge in [0.15, 0.2) is 0 Å². The number of nitrogens with zero attached hydrogens (tertiary/aromatic N) is 2. The van der Waals surface area contributed by atoms with Gasteiger partial charge >= 0.3 is 11.7 Å². The lowest BCUT2D eigenvalue weighted by atomic mass is 9.94. The number of rotatable bonds is 8. The third kappa shape index (κ3) is 4.84. The van der Waals surface area contributed by atoms with Crippen LogP contribution in [0.1, 0.15) is 39.0 Å². The number of aliphatic carboxylic acids is 1. The minimum absolute atomic E-state index is 0.199. The second kappa shape index (κ2) is 6.88. The quantitative estimate of drug-likeness (QED) is 0.716. The molecule has 6 nitrogen and oxygen atoms in total. The summed E-state index contributed by atoms with van der Waals surface area (Å²) in [5.41, 5.74) is -0.210. The Labute approximate surface area is 99.7 Å². The minimum Gasteiger partial charge on any atom is -0.481 e. The molecule has 17 heavy (non-hydrogen) atoms. The molecule has 0 saturated heterocycles. The summed E-state index contributed by atoms with van der Waals surface area (Å²) in [5, 5.41) is 14.6. The van der Waals surface area contributed by atoms with E-state index in [1.54, 1.807) is 0 Å². The number of carboxylic acids is 1. The van der Waals surface area contributed by atoms with Gasteiger partial charge in [-0.15, -0.1) is 0 Å². The van der Waals surface area contributed by atoms with Crippen LogP contribution >= 0.6 is 0 Å². The second-order valence-electron chi connectivity index (χ2n) is 4.23. The van der Waals surface area contributed by atoms with Crippen LogP contribution in [-0.2, 0) is 11.3 Å². The number of aryl methyl sites for hydroxylation is 1. The van der Waals surface area contributed by atoms with Crippen molar-refractivity contribution >= 4 is 5.97 Å². The van der Waals surface area contributed by atoms with E-state index >= 15 is 0 Å². The van der Waals surface area contributed by atoms with Crippen molar-refractivity contribution in [1.29, 1.82) is 0 Å². The Morgan fingerprint density at radius 3 is 2.82 bits per heavy atom. The number of carboxylic acid groups (broad SMARTS) is 1. The van der Waals surface area contributed by atoms with Gasteiger partial charge in [0.1, 0.15) is 6.33 Å². The Morgan fingerprint density at radius 1 is 1.53 bits per heavy atom. The topological polar surface area (TPSA) is 88.0 Å². The average Bonchev–Trinajstić information content (AvgIpc) is 2.68. The molecule has 0 aliphatic rings. The van der Waals surface area contributed by atoms with Gasteiger partial charge in [0, 0.05) is 13.0 Å². The summed E-state index contributed by atoms with van der Waals surface area (Å²) in [6, 6.07) is 0. The highest BCUT2D eigenvalue weighted by atomic mass is 16.4. The van der Waals surface area contributed by atoms with Crippen molar-refractivity contribution in [3.63, 3.8) is 0 Å². The normalized spacial score (nSPS) is 12.5. The van der Waals surface area contributed by atoms with Gasteiger partial charge in [-0.1, -0.05) is 19.8 Å². The number of H-pyrrole nitrogens is 1. The smallest absolute Gasteiger partial charge is 0.343 e. The molecule has 0 radical (unpaired) electrons. The zero-order chi connectivity index (χ0) is 12.7. The van der Waals surface area contributed by atoms with E-state index in [-0.39, 0.29) is 12.1 Å². The first-order chi connectivity index (χ1) is 8.13. The molecule has 96 valence electrons.